The number of benzene rings is 2. The third kappa shape index (κ3) is 3.50. The van der Waals surface area contributed by atoms with Gasteiger partial charge in [0.2, 0.25) is 0 Å². The minimum atomic E-state index is 0.423. The number of hydrogen-bond acceptors (Lipinski definition) is 2. The predicted molar refractivity (Wildman–Crippen MR) is 78.1 cm³/mol. The summed E-state index contributed by atoms with van der Waals surface area (Å²) in [4.78, 5) is 0. The summed E-state index contributed by atoms with van der Waals surface area (Å²) < 4.78 is 10.6. The van der Waals surface area contributed by atoms with Crippen LogP contribution in [-0.4, -0.2) is 14.2 Å². The summed E-state index contributed by atoms with van der Waals surface area (Å²) in [6, 6.07) is 16.6. The van der Waals surface area contributed by atoms with Gasteiger partial charge in [-0.1, -0.05) is 37.3 Å². The molecule has 0 heterocycles. The van der Waals surface area contributed by atoms with Crippen LogP contribution in [0, 0.1) is 0 Å². The van der Waals surface area contributed by atoms with E-state index in [9.17, 15) is 0 Å². The zero-order valence-electron chi connectivity index (χ0n) is 11.7. The minimum Gasteiger partial charge on any atom is -0.497 e. The van der Waals surface area contributed by atoms with Crippen LogP contribution >= 0.6 is 0 Å². The fourth-order valence-corrected chi connectivity index (χ4v) is 2.20. The van der Waals surface area contributed by atoms with Gasteiger partial charge in [0.05, 0.1) is 14.2 Å². The molecule has 0 aliphatic heterocycles. The first-order valence-electron chi connectivity index (χ1n) is 6.50. The van der Waals surface area contributed by atoms with Gasteiger partial charge in [0.25, 0.3) is 0 Å². The molecule has 2 nitrogen and oxygen atoms in total. The zero-order chi connectivity index (χ0) is 13.7. The number of rotatable bonds is 5. The normalized spacial score (nSPS) is 11.9. The Balaban J connectivity index is 2.20. The van der Waals surface area contributed by atoms with Crippen LogP contribution in [0.25, 0.3) is 0 Å². The van der Waals surface area contributed by atoms with Crippen molar-refractivity contribution in [1.82, 2.24) is 0 Å². The Bertz CT molecular complexity index is 498. The third-order valence-electron chi connectivity index (χ3n) is 3.33. The second-order valence-corrected chi connectivity index (χ2v) is 4.74. The molecule has 19 heavy (non-hydrogen) atoms. The van der Waals surface area contributed by atoms with E-state index in [-0.39, 0.29) is 0 Å². The van der Waals surface area contributed by atoms with E-state index in [0.717, 1.165) is 17.9 Å². The van der Waals surface area contributed by atoms with Crippen molar-refractivity contribution < 1.29 is 9.47 Å². The van der Waals surface area contributed by atoms with E-state index in [1.165, 1.54) is 11.1 Å². The van der Waals surface area contributed by atoms with Crippen LogP contribution in [0.1, 0.15) is 24.0 Å². The molecule has 0 saturated heterocycles. The molecule has 1 atom stereocenters. The first kappa shape index (κ1) is 13.5. The van der Waals surface area contributed by atoms with E-state index in [2.05, 4.69) is 43.3 Å². The fraction of sp³-hybridized carbons (Fsp3) is 0.294. The highest BCUT2D eigenvalue weighted by Crippen LogP contribution is 2.29. The van der Waals surface area contributed by atoms with E-state index in [1.54, 1.807) is 14.2 Å². The van der Waals surface area contributed by atoms with E-state index in [1.807, 2.05) is 12.1 Å². The van der Waals surface area contributed by atoms with Crippen molar-refractivity contribution in [2.75, 3.05) is 14.2 Å². The first-order valence-corrected chi connectivity index (χ1v) is 6.50. The topological polar surface area (TPSA) is 18.5 Å². The molecule has 100 valence electrons. The molecule has 0 saturated carbocycles. The molecule has 0 spiro atoms. The summed E-state index contributed by atoms with van der Waals surface area (Å²) in [5, 5.41) is 0. The van der Waals surface area contributed by atoms with Crippen LogP contribution in [0.3, 0.4) is 0 Å². The van der Waals surface area contributed by atoms with Gasteiger partial charge in [0.15, 0.2) is 0 Å². The van der Waals surface area contributed by atoms with Crippen molar-refractivity contribution in [3.8, 4) is 11.5 Å². The summed E-state index contributed by atoms with van der Waals surface area (Å²) in [5.74, 6) is 2.11. The minimum absolute atomic E-state index is 0.423. The summed E-state index contributed by atoms with van der Waals surface area (Å²) in [7, 11) is 3.36. The molecular weight excluding hydrogens is 236 g/mol. The number of hydrogen-bond donors (Lipinski definition) is 0. The monoisotopic (exact) mass is 256 g/mol. The molecule has 0 bridgehead atoms. The standard InChI is InChI=1S/C17H20O2/c1-13(9-14-7-5-4-6-8-14)15-10-16(18-2)12-17(11-15)19-3/h4-8,10-13H,9H2,1-3H3. The van der Waals surface area contributed by atoms with E-state index in [4.69, 9.17) is 9.47 Å². The van der Waals surface area contributed by atoms with Gasteiger partial charge in [-0.05, 0) is 35.6 Å². The van der Waals surface area contributed by atoms with E-state index >= 15 is 0 Å². The molecular formula is C17H20O2. The molecule has 0 aliphatic rings. The highest BCUT2D eigenvalue weighted by atomic mass is 16.5. The fourth-order valence-electron chi connectivity index (χ4n) is 2.20. The molecule has 2 aromatic carbocycles. The van der Waals surface area contributed by atoms with Gasteiger partial charge in [0, 0.05) is 6.07 Å². The molecule has 2 heteroatoms. The van der Waals surface area contributed by atoms with Gasteiger partial charge in [-0.2, -0.15) is 0 Å². The van der Waals surface area contributed by atoms with Crippen molar-refractivity contribution in [3.63, 3.8) is 0 Å². The molecule has 0 N–H and O–H groups in total. The van der Waals surface area contributed by atoms with E-state index < -0.39 is 0 Å². The van der Waals surface area contributed by atoms with Gasteiger partial charge < -0.3 is 9.47 Å². The maximum absolute atomic E-state index is 5.32. The number of methoxy groups -OCH3 is 2. The Hall–Kier alpha value is -1.96. The van der Waals surface area contributed by atoms with Crippen molar-refractivity contribution in [2.24, 2.45) is 0 Å². The number of ether oxygens (including phenoxy) is 2. The van der Waals surface area contributed by atoms with Crippen molar-refractivity contribution in [1.29, 1.82) is 0 Å². The summed E-state index contributed by atoms with van der Waals surface area (Å²) in [6.45, 7) is 2.22. The molecule has 0 radical (unpaired) electrons. The van der Waals surface area contributed by atoms with Crippen LogP contribution in [-0.2, 0) is 6.42 Å². The van der Waals surface area contributed by atoms with Crippen LogP contribution in [0.4, 0.5) is 0 Å². The van der Waals surface area contributed by atoms with Crippen LogP contribution in [0.2, 0.25) is 0 Å². The van der Waals surface area contributed by atoms with Crippen molar-refractivity contribution in [2.45, 2.75) is 19.3 Å². The van der Waals surface area contributed by atoms with Crippen molar-refractivity contribution >= 4 is 0 Å². The van der Waals surface area contributed by atoms with Gasteiger partial charge in [-0.25, -0.2) is 0 Å². The average Bonchev–Trinajstić information content (AvgIpc) is 2.47. The Kier molecular flexibility index (Phi) is 4.45. The largest absolute Gasteiger partial charge is 0.497 e. The predicted octanol–water partition coefficient (Wildman–Crippen LogP) is 4.05. The lowest BCUT2D eigenvalue weighted by Crippen LogP contribution is -2.00. The zero-order valence-corrected chi connectivity index (χ0v) is 11.7. The van der Waals surface area contributed by atoms with Gasteiger partial charge in [0.1, 0.15) is 11.5 Å². The molecule has 2 rings (SSSR count). The second-order valence-electron chi connectivity index (χ2n) is 4.74. The van der Waals surface area contributed by atoms with Gasteiger partial charge >= 0.3 is 0 Å². The molecule has 0 aromatic heterocycles. The van der Waals surface area contributed by atoms with Crippen LogP contribution in [0.5, 0.6) is 11.5 Å². The lowest BCUT2D eigenvalue weighted by atomic mass is 9.93. The van der Waals surface area contributed by atoms with Crippen LogP contribution in [0.15, 0.2) is 48.5 Å². The maximum atomic E-state index is 5.32. The highest BCUT2D eigenvalue weighted by molar-refractivity contribution is 5.40. The lowest BCUT2D eigenvalue weighted by molar-refractivity contribution is 0.392. The molecule has 1 unspecified atom stereocenters. The molecule has 0 amide bonds. The summed E-state index contributed by atoms with van der Waals surface area (Å²) in [5.41, 5.74) is 2.58. The van der Waals surface area contributed by atoms with Gasteiger partial charge in [-0.3, -0.25) is 0 Å². The third-order valence-corrected chi connectivity index (χ3v) is 3.33. The van der Waals surface area contributed by atoms with E-state index in [0.29, 0.717) is 5.92 Å². The lowest BCUT2D eigenvalue weighted by Gasteiger charge is -2.15. The Morgan fingerprint density at radius 1 is 0.895 bits per heavy atom. The highest BCUT2D eigenvalue weighted by Gasteiger charge is 2.10. The summed E-state index contributed by atoms with van der Waals surface area (Å²) >= 11 is 0. The SMILES string of the molecule is COc1cc(OC)cc(C(C)Cc2ccccc2)c1. The smallest absolute Gasteiger partial charge is 0.122 e. The molecule has 2 aromatic rings. The van der Waals surface area contributed by atoms with Gasteiger partial charge in [-0.15, -0.1) is 0 Å². The quantitative estimate of drug-likeness (QED) is 0.803. The van der Waals surface area contributed by atoms with Crippen LogP contribution < -0.4 is 9.47 Å². The molecule has 0 aliphatic carbocycles. The average molecular weight is 256 g/mol. The first-order chi connectivity index (χ1) is 9.22. The summed E-state index contributed by atoms with van der Waals surface area (Å²) in [6.07, 6.45) is 1.01. The molecule has 0 fully saturated rings. The second kappa shape index (κ2) is 6.28. The Labute approximate surface area is 115 Å². The van der Waals surface area contributed by atoms with Crippen molar-refractivity contribution in [3.05, 3.63) is 59.7 Å². The maximum Gasteiger partial charge on any atom is 0.122 e. The Morgan fingerprint density at radius 3 is 2.00 bits per heavy atom. The Morgan fingerprint density at radius 2 is 1.47 bits per heavy atom.